The van der Waals surface area contributed by atoms with Gasteiger partial charge in [0, 0.05) is 6.42 Å². The molecule has 0 aliphatic heterocycles. The van der Waals surface area contributed by atoms with Crippen LogP contribution in [0.2, 0.25) is 0 Å². The van der Waals surface area contributed by atoms with Crippen molar-refractivity contribution in [1.29, 1.82) is 0 Å². The van der Waals surface area contributed by atoms with Gasteiger partial charge in [-0.3, -0.25) is 0 Å². The Kier molecular flexibility index (Phi) is 3.55. The summed E-state index contributed by atoms with van der Waals surface area (Å²) in [6, 6.07) is 9.99. The second-order valence-electron chi connectivity index (χ2n) is 2.78. The van der Waals surface area contributed by atoms with Gasteiger partial charge in [-0.15, -0.1) is 0 Å². The number of hydrogen-bond donors (Lipinski definition) is 1. The molecule has 0 heterocycles. The SMILES string of the molecule is C/C=C/[C@H](O)Cc1ccccc1. The van der Waals surface area contributed by atoms with Crippen molar-refractivity contribution in [2.75, 3.05) is 0 Å². The molecule has 0 amide bonds. The molecule has 0 unspecified atom stereocenters. The van der Waals surface area contributed by atoms with Crippen molar-refractivity contribution in [3.8, 4) is 0 Å². The summed E-state index contributed by atoms with van der Waals surface area (Å²) >= 11 is 0. The first kappa shape index (κ1) is 9.01. The molecule has 0 saturated carbocycles. The van der Waals surface area contributed by atoms with Crippen LogP contribution in [-0.2, 0) is 6.42 Å². The van der Waals surface area contributed by atoms with Gasteiger partial charge in [0.05, 0.1) is 6.10 Å². The highest BCUT2D eigenvalue weighted by molar-refractivity contribution is 5.16. The second-order valence-corrected chi connectivity index (χ2v) is 2.78. The van der Waals surface area contributed by atoms with E-state index in [1.54, 1.807) is 6.08 Å². The lowest BCUT2D eigenvalue weighted by atomic mass is 10.1. The Labute approximate surface area is 73.4 Å². The largest absolute Gasteiger partial charge is 0.389 e. The molecule has 1 nitrogen and oxygen atoms in total. The van der Waals surface area contributed by atoms with Crippen LogP contribution in [0.1, 0.15) is 12.5 Å². The average Bonchev–Trinajstić information content (AvgIpc) is 2.06. The standard InChI is InChI=1S/C11H14O/c1-2-6-11(12)9-10-7-4-3-5-8-10/h2-8,11-12H,9H2,1H3/b6-2+/t11-/m0/s1. The molecule has 64 valence electrons. The Morgan fingerprint density at radius 1 is 1.33 bits per heavy atom. The van der Waals surface area contributed by atoms with E-state index in [1.807, 2.05) is 43.3 Å². The third-order valence-electron chi connectivity index (χ3n) is 1.70. The van der Waals surface area contributed by atoms with Crippen LogP contribution in [0, 0.1) is 0 Å². The molecule has 1 aromatic rings. The van der Waals surface area contributed by atoms with E-state index in [4.69, 9.17) is 0 Å². The first-order valence-corrected chi connectivity index (χ1v) is 4.17. The van der Waals surface area contributed by atoms with E-state index in [0.29, 0.717) is 6.42 Å². The van der Waals surface area contributed by atoms with Gasteiger partial charge < -0.3 is 5.11 Å². The Balaban J connectivity index is 2.52. The molecule has 1 aromatic carbocycles. The van der Waals surface area contributed by atoms with Gasteiger partial charge in [-0.25, -0.2) is 0 Å². The van der Waals surface area contributed by atoms with Crippen LogP contribution >= 0.6 is 0 Å². The summed E-state index contributed by atoms with van der Waals surface area (Å²) < 4.78 is 0. The lowest BCUT2D eigenvalue weighted by Gasteiger charge is -2.04. The Hall–Kier alpha value is -1.08. The molecule has 12 heavy (non-hydrogen) atoms. The Morgan fingerprint density at radius 2 is 2.00 bits per heavy atom. The molecule has 1 rings (SSSR count). The minimum atomic E-state index is -0.350. The minimum absolute atomic E-state index is 0.350. The summed E-state index contributed by atoms with van der Waals surface area (Å²) in [5, 5.41) is 9.42. The summed E-state index contributed by atoms with van der Waals surface area (Å²) in [6.07, 6.45) is 4.02. The summed E-state index contributed by atoms with van der Waals surface area (Å²) in [5.41, 5.74) is 1.17. The van der Waals surface area contributed by atoms with Crippen LogP contribution in [0.3, 0.4) is 0 Å². The zero-order valence-electron chi connectivity index (χ0n) is 7.27. The fourth-order valence-corrected chi connectivity index (χ4v) is 1.15. The summed E-state index contributed by atoms with van der Waals surface area (Å²) in [7, 11) is 0. The van der Waals surface area contributed by atoms with E-state index in [1.165, 1.54) is 5.56 Å². The molecule has 0 radical (unpaired) electrons. The van der Waals surface area contributed by atoms with Crippen LogP contribution in [0.5, 0.6) is 0 Å². The zero-order valence-corrected chi connectivity index (χ0v) is 7.27. The number of aliphatic hydroxyl groups is 1. The minimum Gasteiger partial charge on any atom is -0.389 e. The predicted molar refractivity (Wildman–Crippen MR) is 51.0 cm³/mol. The van der Waals surface area contributed by atoms with E-state index in [-0.39, 0.29) is 6.10 Å². The predicted octanol–water partition coefficient (Wildman–Crippen LogP) is 2.17. The topological polar surface area (TPSA) is 20.2 Å². The Morgan fingerprint density at radius 3 is 2.58 bits per heavy atom. The summed E-state index contributed by atoms with van der Waals surface area (Å²) in [5.74, 6) is 0. The summed E-state index contributed by atoms with van der Waals surface area (Å²) in [4.78, 5) is 0. The van der Waals surface area contributed by atoms with Crippen molar-refractivity contribution in [3.05, 3.63) is 48.0 Å². The third kappa shape index (κ3) is 2.89. The smallest absolute Gasteiger partial charge is 0.0761 e. The van der Waals surface area contributed by atoms with Gasteiger partial charge in [-0.05, 0) is 12.5 Å². The second kappa shape index (κ2) is 4.73. The van der Waals surface area contributed by atoms with Crippen LogP contribution < -0.4 is 0 Å². The molecular weight excluding hydrogens is 148 g/mol. The van der Waals surface area contributed by atoms with Crippen LogP contribution in [-0.4, -0.2) is 11.2 Å². The van der Waals surface area contributed by atoms with Gasteiger partial charge in [0.1, 0.15) is 0 Å². The van der Waals surface area contributed by atoms with Crippen LogP contribution in [0.4, 0.5) is 0 Å². The first-order valence-electron chi connectivity index (χ1n) is 4.17. The number of rotatable bonds is 3. The highest BCUT2D eigenvalue weighted by atomic mass is 16.3. The zero-order chi connectivity index (χ0) is 8.81. The lowest BCUT2D eigenvalue weighted by molar-refractivity contribution is 0.224. The van der Waals surface area contributed by atoms with Crippen LogP contribution in [0.15, 0.2) is 42.5 Å². The van der Waals surface area contributed by atoms with Gasteiger partial charge in [-0.1, -0.05) is 42.5 Å². The molecule has 1 N–H and O–H groups in total. The summed E-state index contributed by atoms with van der Waals surface area (Å²) in [6.45, 7) is 1.91. The molecule has 0 aliphatic carbocycles. The molecule has 1 atom stereocenters. The molecular formula is C11H14O. The fourth-order valence-electron chi connectivity index (χ4n) is 1.15. The highest BCUT2D eigenvalue weighted by Gasteiger charge is 1.98. The average molecular weight is 162 g/mol. The lowest BCUT2D eigenvalue weighted by Crippen LogP contribution is -2.05. The maximum Gasteiger partial charge on any atom is 0.0761 e. The third-order valence-corrected chi connectivity index (χ3v) is 1.70. The quantitative estimate of drug-likeness (QED) is 0.675. The van der Waals surface area contributed by atoms with Gasteiger partial charge in [-0.2, -0.15) is 0 Å². The van der Waals surface area contributed by atoms with E-state index < -0.39 is 0 Å². The van der Waals surface area contributed by atoms with Gasteiger partial charge in [0.15, 0.2) is 0 Å². The normalized spacial score (nSPS) is 13.5. The van der Waals surface area contributed by atoms with E-state index in [0.717, 1.165) is 0 Å². The molecule has 1 heteroatoms. The number of allylic oxidation sites excluding steroid dienone is 1. The van der Waals surface area contributed by atoms with Crippen LogP contribution in [0.25, 0.3) is 0 Å². The molecule has 0 bridgehead atoms. The fraction of sp³-hybridized carbons (Fsp3) is 0.273. The van der Waals surface area contributed by atoms with Crippen molar-refractivity contribution in [2.45, 2.75) is 19.4 Å². The van der Waals surface area contributed by atoms with Crippen molar-refractivity contribution in [2.24, 2.45) is 0 Å². The van der Waals surface area contributed by atoms with Gasteiger partial charge in [0.2, 0.25) is 0 Å². The maximum atomic E-state index is 9.42. The Bertz CT molecular complexity index is 238. The highest BCUT2D eigenvalue weighted by Crippen LogP contribution is 2.03. The number of benzene rings is 1. The van der Waals surface area contributed by atoms with E-state index in [9.17, 15) is 5.11 Å². The monoisotopic (exact) mass is 162 g/mol. The molecule has 0 saturated heterocycles. The molecule has 0 aromatic heterocycles. The van der Waals surface area contributed by atoms with E-state index in [2.05, 4.69) is 0 Å². The van der Waals surface area contributed by atoms with Crippen molar-refractivity contribution in [1.82, 2.24) is 0 Å². The van der Waals surface area contributed by atoms with Gasteiger partial charge >= 0.3 is 0 Å². The molecule has 0 spiro atoms. The maximum absolute atomic E-state index is 9.42. The van der Waals surface area contributed by atoms with E-state index >= 15 is 0 Å². The number of hydrogen-bond acceptors (Lipinski definition) is 1. The van der Waals surface area contributed by atoms with Gasteiger partial charge in [0.25, 0.3) is 0 Å². The first-order chi connectivity index (χ1) is 5.83. The van der Waals surface area contributed by atoms with Crippen molar-refractivity contribution in [3.63, 3.8) is 0 Å². The molecule has 0 aliphatic rings. The number of aliphatic hydroxyl groups excluding tert-OH is 1. The van der Waals surface area contributed by atoms with Crippen molar-refractivity contribution >= 4 is 0 Å². The van der Waals surface area contributed by atoms with Crippen molar-refractivity contribution < 1.29 is 5.11 Å². The molecule has 0 fully saturated rings.